The number of nitrogens with two attached hydrogens (primary N) is 1. The predicted molar refractivity (Wildman–Crippen MR) is 75.3 cm³/mol. The molecule has 1 aromatic heterocycles. The third-order valence-corrected chi connectivity index (χ3v) is 3.61. The molecule has 1 aliphatic rings. The molecule has 1 aliphatic heterocycles. The fourth-order valence-electron chi connectivity index (χ4n) is 2.59. The van der Waals surface area contributed by atoms with Gasteiger partial charge in [0.1, 0.15) is 6.20 Å². The number of nitrogen functional groups attached to an aromatic ring is 1. The number of hydrazine groups is 1. The van der Waals surface area contributed by atoms with Gasteiger partial charge in [-0.2, -0.15) is 4.98 Å². The maximum absolute atomic E-state index is 11.1. The molecule has 9 nitrogen and oxygen atoms in total. The maximum atomic E-state index is 11.1. The van der Waals surface area contributed by atoms with E-state index in [2.05, 4.69) is 27.2 Å². The summed E-state index contributed by atoms with van der Waals surface area (Å²) in [6, 6.07) is 0.332. The van der Waals surface area contributed by atoms with Gasteiger partial charge in [0.05, 0.1) is 4.92 Å². The van der Waals surface area contributed by atoms with E-state index in [0.29, 0.717) is 30.9 Å². The number of nitro groups is 1. The Morgan fingerprint density at radius 3 is 2.75 bits per heavy atom. The third kappa shape index (κ3) is 2.63. The van der Waals surface area contributed by atoms with Crippen LogP contribution in [0.4, 0.5) is 17.5 Å². The molecule has 0 amide bonds. The van der Waals surface area contributed by atoms with Crippen molar-refractivity contribution in [2.45, 2.75) is 13.0 Å². The summed E-state index contributed by atoms with van der Waals surface area (Å²) in [6.07, 6.45) is 1.19. The van der Waals surface area contributed by atoms with Gasteiger partial charge in [-0.05, 0) is 20.0 Å². The highest BCUT2D eigenvalue weighted by Gasteiger charge is 2.35. The topological polar surface area (TPSA) is 113 Å². The van der Waals surface area contributed by atoms with Crippen LogP contribution < -0.4 is 16.2 Å². The van der Waals surface area contributed by atoms with E-state index < -0.39 is 4.92 Å². The highest BCUT2D eigenvalue weighted by Crippen LogP contribution is 2.31. The Balaban J connectivity index is 2.34. The maximum Gasteiger partial charge on any atom is 0.329 e. The second-order valence-corrected chi connectivity index (χ2v) is 5.22. The van der Waals surface area contributed by atoms with Crippen LogP contribution in [-0.4, -0.2) is 53.0 Å². The van der Waals surface area contributed by atoms with Gasteiger partial charge in [-0.25, -0.2) is 10.8 Å². The summed E-state index contributed by atoms with van der Waals surface area (Å²) >= 11 is 0. The van der Waals surface area contributed by atoms with Crippen LogP contribution in [0.15, 0.2) is 6.20 Å². The molecule has 0 radical (unpaired) electrons. The largest absolute Gasteiger partial charge is 0.349 e. The Hall–Kier alpha value is -2.00. The summed E-state index contributed by atoms with van der Waals surface area (Å²) < 4.78 is 0. The fraction of sp³-hybridized carbons (Fsp3) is 0.636. The number of hydrogen-bond donors (Lipinski definition) is 2. The van der Waals surface area contributed by atoms with E-state index in [4.69, 9.17) is 5.84 Å². The lowest BCUT2D eigenvalue weighted by atomic mass is 10.1. The van der Waals surface area contributed by atoms with E-state index in [9.17, 15) is 10.1 Å². The average Bonchev–Trinajstić information content (AvgIpc) is 2.80. The molecule has 0 aromatic carbocycles. The Morgan fingerprint density at radius 1 is 1.55 bits per heavy atom. The van der Waals surface area contributed by atoms with Gasteiger partial charge >= 0.3 is 5.69 Å². The monoisotopic (exact) mass is 281 g/mol. The zero-order valence-corrected chi connectivity index (χ0v) is 11.8. The van der Waals surface area contributed by atoms with Gasteiger partial charge in [-0.15, -0.1) is 0 Å². The first-order chi connectivity index (χ1) is 9.43. The van der Waals surface area contributed by atoms with Gasteiger partial charge in [0.2, 0.25) is 11.8 Å². The highest BCUT2D eigenvalue weighted by molar-refractivity contribution is 5.59. The van der Waals surface area contributed by atoms with Crippen LogP contribution in [0, 0.1) is 16.0 Å². The molecule has 0 spiro atoms. The Bertz CT molecular complexity index is 508. The molecule has 2 atom stereocenters. The quantitative estimate of drug-likeness (QED) is 0.452. The summed E-state index contributed by atoms with van der Waals surface area (Å²) in [5, 5.41) is 11.1. The van der Waals surface area contributed by atoms with Crippen molar-refractivity contribution in [3.8, 4) is 0 Å². The summed E-state index contributed by atoms with van der Waals surface area (Å²) in [7, 11) is 4.01. The van der Waals surface area contributed by atoms with E-state index in [0.717, 1.165) is 0 Å². The molecular weight excluding hydrogens is 262 g/mol. The smallest absolute Gasteiger partial charge is 0.329 e. The molecule has 2 unspecified atom stereocenters. The van der Waals surface area contributed by atoms with E-state index >= 15 is 0 Å². The lowest BCUT2D eigenvalue weighted by Crippen LogP contribution is -2.34. The molecule has 1 aromatic rings. The van der Waals surface area contributed by atoms with Crippen LogP contribution in [0.1, 0.15) is 6.92 Å². The van der Waals surface area contributed by atoms with Crippen molar-refractivity contribution in [1.29, 1.82) is 0 Å². The molecule has 2 rings (SSSR count). The van der Waals surface area contributed by atoms with Gasteiger partial charge in [0.25, 0.3) is 0 Å². The van der Waals surface area contributed by atoms with Crippen LogP contribution in [0.25, 0.3) is 0 Å². The van der Waals surface area contributed by atoms with Crippen LogP contribution in [-0.2, 0) is 0 Å². The van der Waals surface area contributed by atoms with Crippen molar-refractivity contribution in [1.82, 2.24) is 14.9 Å². The zero-order chi connectivity index (χ0) is 14.9. The molecule has 0 bridgehead atoms. The molecule has 0 aliphatic carbocycles. The average molecular weight is 281 g/mol. The summed E-state index contributed by atoms with van der Waals surface area (Å²) in [5.74, 6) is 6.16. The molecule has 2 heterocycles. The van der Waals surface area contributed by atoms with E-state index in [1.54, 1.807) is 0 Å². The zero-order valence-electron chi connectivity index (χ0n) is 11.8. The fourth-order valence-corrected chi connectivity index (χ4v) is 2.59. The molecule has 3 N–H and O–H groups in total. The van der Waals surface area contributed by atoms with Crippen LogP contribution in [0.2, 0.25) is 0 Å². The second-order valence-electron chi connectivity index (χ2n) is 5.22. The Kier molecular flexibility index (Phi) is 4.00. The Labute approximate surface area is 116 Å². The van der Waals surface area contributed by atoms with Gasteiger partial charge in [-0.3, -0.25) is 15.5 Å². The van der Waals surface area contributed by atoms with E-state index in [-0.39, 0.29) is 11.6 Å². The van der Waals surface area contributed by atoms with Crippen molar-refractivity contribution in [3.63, 3.8) is 0 Å². The number of nitrogens with one attached hydrogen (secondary N) is 1. The standard InChI is InChI=1S/C11H19N7O2/c1-7-5-17(6-9(7)16(2)3)10-8(18(19)20)4-13-11(14-10)15-12/h4,7,9H,5-6,12H2,1-3H3,(H,13,14,15). The molecule has 1 saturated heterocycles. The number of hydrogen-bond acceptors (Lipinski definition) is 8. The van der Waals surface area contributed by atoms with Gasteiger partial charge in [0.15, 0.2) is 0 Å². The SMILES string of the molecule is CC1CN(c2nc(NN)ncc2[N+](=O)[O-])CC1N(C)C. The van der Waals surface area contributed by atoms with Crippen molar-refractivity contribution >= 4 is 17.5 Å². The van der Waals surface area contributed by atoms with Crippen molar-refractivity contribution in [2.75, 3.05) is 37.5 Å². The number of aromatic nitrogens is 2. The highest BCUT2D eigenvalue weighted by atomic mass is 16.6. The molecule has 1 fully saturated rings. The molecule has 9 heteroatoms. The minimum Gasteiger partial charge on any atom is -0.349 e. The first kappa shape index (κ1) is 14.4. The predicted octanol–water partition coefficient (Wildman–Crippen LogP) is 0.0567. The first-order valence-corrected chi connectivity index (χ1v) is 6.33. The van der Waals surface area contributed by atoms with Crippen molar-refractivity contribution < 1.29 is 4.92 Å². The van der Waals surface area contributed by atoms with E-state index in [1.165, 1.54) is 6.20 Å². The summed E-state index contributed by atoms with van der Waals surface area (Å²) in [6.45, 7) is 3.53. The first-order valence-electron chi connectivity index (χ1n) is 6.33. The van der Waals surface area contributed by atoms with Gasteiger partial charge in [-0.1, -0.05) is 6.92 Å². The minimum atomic E-state index is -0.469. The normalized spacial score (nSPS) is 22.4. The van der Waals surface area contributed by atoms with Crippen molar-refractivity contribution in [2.24, 2.45) is 11.8 Å². The molecule has 110 valence electrons. The van der Waals surface area contributed by atoms with Crippen LogP contribution in [0.5, 0.6) is 0 Å². The summed E-state index contributed by atoms with van der Waals surface area (Å²) in [4.78, 5) is 22.6. The minimum absolute atomic E-state index is 0.101. The lowest BCUT2D eigenvalue weighted by molar-refractivity contribution is -0.384. The van der Waals surface area contributed by atoms with Gasteiger partial charge < -0.3 is 9.80 Å². The second kappa shape index (κ2) is 5.55. The number of nitrogens with zero attached hydrogens (tertiary/aromatic N) is 5. The summed E-state index contributed by atoms with van der Waals surface area (Å²) in [5.41, 5.74) is 2.22. The number of anilines is 2. The van der Waals surface area contributed by atoms with Crippen LogP contribution >= 0.6 is 0 Å². The lowest BCUT2D eigenvalue weighted by Gasteiger charge is -2.22. The molecule has 0 saturated carbocycles. The van der Waals surface area contributed by atoms with Crippen molar-refractivity contribution in [3.05, 3.63) is 16.3 Å². The van der Waals surface area contributed by atoms with E-state index in [1.807, 2.05) is 19.0 Å². The third-order valence-electron chi connectivity index (χ3n) is 3.61. The number of rotatable bonds is 4. The van der Waals surface area contributed by atoms with Gasteiger partial charge in [0, 0.05) is 19.1 Å². The number of likely N-dealkylation sites (N-methyl/N-ethyl adjacent to an activating group) is 1. The molecule has 20 heavy (non-hydrogen) atoms. The van der Waals surface area contributed by atoms with Crippen LogP contribution in [0.3, 0.4) is 0 Å². The Morgan fingerprint density at radius 2 is 2.25 bits per heavy atom. The molecular formula is C11H19N7O2.